The van der Waals surface area contributed by atoms with Gasteiger partial charge in [0.1, 0.15) is 5.82 Å². The van der Waals surface area contributed by atoms with Crippen molar-refractivity contribution < 1.29 is 21.6 Å². The maximum atomic E-state index is 12.7. The Morgan fingerprint density at radius 3 is 2.35 bits per heavy atom. The molecule has 4 nitrogen and oxygen atoms in total. The fraction of sp³-hybridized carbons (Fsp3) is 0.267. The van der Waals surface area contributed by atoms with Crippen LogP contribution in [0.25, 0.3) is 0 Å². The van der Waals surface area contributed by atoms with Gasteiger partial charge in [-0.15, -0.1) is 0 Å². The van der Waals surface area contributed by atoms with Crippen LogP contribution in [0.15, 0.2) is 47.4 Å². The number of halogens is 3. The van der Waals surface area contributed by atoms with Gasteiger partial charge in [-0.1, -0.05) is 26.0 Å². The molecule has 0 aliphatic heterocycles. The van der Waals surface area contributed by atoms with Crippen LogP contribution in [0, 0.1) is 0 Å². The van der Waals surface area contributed by atoms with E-state index in [4.69, 9.17) is 0 Å². The van der Waals surface area contributed by atoms with Crippen LogP contribution >= 0.6 is 0 Å². The van der Waals surface area contributed by atoms with Crippen molar-refractivity contribution in [3.8, 4) is 0 Å². The van der Waals surface area contributed by atoms with Crippen LogP contribution in [0.2, 0.25) is 0 Å². The summed E-state index contributed by atoms with van der Waals surface area (Å²) in [5.74, 6) is 0.154. The second-order valence-electron chi connectivity index (χ2n) is 5.23. The Morgan fingerprint density at radius 2 is 1.74 bits per heavy atom. The average Bonchev–Trinajstić information content (AvgIpc) is 2.46. The van der Waals surface area contributed by atoms with Crippen LogP contribution in [-0.4, -0.2) is 13.4 Å². The van der Waals surface area contributed by atoms with Gasteiger partial charge in [-0.3, -0.25) is 4.72 Å². The summed E-state index contributed by atoms with van der Waals surface area (Å²) in [6.07, 6.45) is -4.61. The van der Waals surface area contributed by atoms with Crippen LogP contribution in [-0.2, 0) is 16.2 Å². The second kappa shape index (κ2) is 6.19. The average molecular weight is 344 g/mol. The number of hydrogen-bond donors (Lipinski definition) is 1. The molecule has 0 aliphatic carbocycles. The third-order valence-corrected chi connectivity index (χ3v) is 4.43. The Bertz CT molecular complexity index is 802. The predicted molar refractivity (Wildman–Crippen MR) is 80.6 cm³/mol. The number of sulfonamides is 1. The number of hydrogen-bond acceptors (Lipinski definition) is 3. The Kier molecular flexibility index (Phi) is 4.65. The highest BCUT2D eigenvalue weighted by atomic mass is 32.2. The van der Waals surface area contributed by atoms with E-state index in [1.807, 2.05) is 13.8 Å². The summed E-state index contributed by atoms with van der Waals surface area (Å²) in [6.45, 7) is 3.79. The van der Waals surface area contributed by atoms with Gasteiger partial charge < -0.3 is 0 Å². The molecule has 23 heavy (non-hydrogen) atoms. The van der Waals surface area contributed by atoms with Crippen molar-refractivity contribution >= 4 is 15.8 Å². The Balaban J connectivity index is 2.34. The largest absolute Gasteiger partial charge is 0.416 e. The van der Waals surface area contributed by atoms with E-state index in [-0.39, 0.29) is 11.7 Å². The minimum absolute atomic E-state index is 0.0635. The molecule has 1 N–H and O–H groups in total. The molecule has 0 radical (unpaired) electrons. The van der Waals surface area contributed by atoms with Gasteiger partial charge in [0.15, 0.2) is 0 Å². The number of nitrogens with zero attached hydrogens (tertiary/aromatic N) is 1. The van der Waals surface area contributed by atoms with Crippen molar-refractivity contribution in [3.63, 3.8) is 0 Å². The van der Waals surface area contributed by atoms with Gasteiger partial charge >= 0.3 is 6.18 Å². The summed E-state index contributed by atoms with van der Waals surface area (Å²) in [7, 11) is -4.15. The molecule has 0 spiro atoms. The highest BCUT2D eigenvalue weighted by Gasteiger charge is 2.31. The summed E-state index contributed by atoms with van der Waals surface area (Å²) < 4.78 is 64.8. The first-order chi connectivity index (χ1) is 10.6. The summed E-state index contributed by atoms with van der Waals surface area (Å²) >= 11 is 0. The van der Waals surface area contributed by atoms with Crippen LogP contribution in [0.1, 0.15) is 31.0 Å². The van der Waals surface area contributed by atoms with Gasteiger partial charge in [-0.2, -0.15) is 13.2 Å². The van der Waals surface area contributed by atoms with Gasteiger partial charge in [0.2, 0.25) is 0 Å². The van der Waals surface area contributed by atoms with E-state index >= 15 is 0 Å². The number of pyridine rings is 1. The number of rotatable bonds is 4. The van der Waals surface area contributed by atoms with E-state index < -0.39 is 26.7 Å². The lowest BCUT2D eigenvalue weighted by Gasteiger charge is -2.12. The first-order valence-electron chi connectivity index (χ1n) is 6.76. The number of nitrogens with one attached hydrogen (secondary N) is 1. The molecule has 0 fully saturated rings. The maximum absolute atomic E-state index is 12.7. The van der Waals surface area contributed by atoms with E-state index in [0.717, 1.165) is 18.2 Å². The Labute approximate surface area is 132 Å². The van der Waals surface area contributed by atoms with Crippen molar-refractivity contribution in [1.82, 2.24) is 4.98 Å². The minimum Gasteiger partial charge on any atom is -0.263 e. The molecule has 1 aromatic heterocycles. The minimum atomic E-state index is -4.61. The zero-order valence-electron chi connectivity index (χ0n) is 12.4. The van der Waals surface area contributed by atoms with E-state index in [2.05, 4.69) is 9.71 Å². The van der Waals surface area contributed by atoms with Crippen molar-refractivity contribution in [2.24, 2.45) is 0 Å². The number of aromatic nitrogens is 1. The molecule has 8 heteroatoms. The van der Waals surface area contributed by atoms with E-state index in [1.54, 1.807) is 12.1 Å². The van der Waals surface area contributed by atoms with Crippen LogP contribution in [0.3, 0.4) is 0 Å². The first-order valence-corrected chi connectivity index (χ1v) is 8.25. The number of benzene rings is 1. The lowest BCUT2D eigenvalue weighted by molar-refractivity contribution is -0.137. The Morgan fingerprint density at radius 1 is 1.09 bits per heavy atom. The fourth-order valence-corrected chi connectivity index (χ4v) is 2.91. The topological polar surface area (TPSA) is 59.1 Å². The van der Waals surface area contributed by atoms with Crippen molar-refractivity contribution in [2.45, 2.75) is 30.8 Å². The molecule has 0 aliphatic rings. The number of alkyl halides is 3. The normalized spacial score (nSPS) is 12.4. The fourth-order valence-electron chi connectivity index (χ4n) is 1.87. The molecule has 0 saturated heterocycles. The maximum Gasteiger partial charge on any atom is 0.416 e. The smallest absolute Gasteiger partial charge is 0.263 e. The highest BCUT2D eigenvalue weighted by Crippen LogP contribution is 2.30. The van der Waals surface area contributed by atoms with Crippen LogP contribution < -0.4 is 4.72 Å². The van der Waals surface area contributed by atoms with Crippen molar-refractivity contribution in [3.05, 3.63) is 53.7 Å². The molecule has 1 aromatic carbocycles. The van der Waals surface area contributed by atoms with E-state index in [9.17, 15) is 21.6 Å². The van der Waals surface area contributed by atoms with Gasteiger partial charge in [-0.05, 0) is 36.2 Å². The summed E-state index contributed by atoms with van der Waals surface area (Å²) in [5, 5.41) is 0. The monoisotopic (exact) mass is 344 g/mol. The zero-order chi connectivity index (χ0) is 17.3. The quantitative estimate of drug-likeness (QED) is 0.911. The molecule has 124 valence electrons. The molecule has 2 aromatic rings. The summed E-state index contributed by atoms with van der Waals surface area (Å²) in [6, 6.07) is 8.38. The third-order valence-electron chi connectivity index (χ3n) is 3.07. The van der Waals surface area contributed by atoms with Crippen molar-refractivity contribution in [2.75, 3.05) is 4.72 Å². The molecule has 0 amide bonds. The predicted octanol–water partition coefficient (Wildman–Crippen LogP) is 4.02. The second-order valence-corrected chi connectivity index (χ2v) is 6.92. The summed E-state index contributed by atoms with van der Waals surface area (Å²) in [5.41, 5.74) is -0.349. The third kappa shape index (κ3) is 4.22. The van der Waals surface area contributed by atoms with Crippen molar-refractivity contribution in [1.29, 1.82) is 0 Å². The summed E-state index contributed by atoms with van der Waals surface area (Å²) in [4.78, 5) is 3.67. The molecule has 0 atom stereocenters. The zero-order valence-corrected chi connectivity index (χ0v) is 13.2. The van der Waals surface area contributed by atoms with Gasteiger partial charge in [0.05, 0.1) is 10.5 Å². The first kappa shape index (κ1) is 17.3. The van der Waals surface area contributed by atoms with Gasteiger partial charge in [0, 0.05) is 5.69 Å². The molecule has 0 saturated carbocycles. The molecular formula is C15H15F3N2O2S. The van der Waals surface area contributed by atoms with Crippen LogP contribution in [0.4, 0.5) is 19.0 Å². The molecule has 0 bridgehead atoms. The molecule has 0 unspecified atom stereocenters. The van der Waals surface area contributed by atoms with E-state index in [1.165, 1.54) is 6.07 Å². The molecule has 1 heterocycles. The lowest BCUT2D eigenvalue weighted by Crippen LogP contribution is -2.15. The highest BCUT2D eigenvalue weighted by molar-refractivity contribution is 7.92. The standard InChI is InChI=1S/C15H15F3N2O2S/c1-10(2)13-7-4-8-14(19-13)20-23(21,22)12-6-3-5-11(9-12)15(16,17)18/h3-10H,1-2H3,(H,19,20). The van der Waals surface area contributed by atoms with Gasteiger partial charge in [0.25, 0.3) is 10.0 Å². The SMILES string of the molecule is CC(C)c1cccc(NS(=O)(=O)c2cccc(C(F)(F)F)c2)n1. The van der Waals surface area contributed by atoms with Crippen LogP contribution in [0.5, 0.6) is 0 Å². The molecular weight excluding hydrogens is 329 g/mol. The van der Waals surface area contributed by atoms with E-state index in [0.29, 0.717) is 11.8 Å². The molecule has 2 rings (SSSR count). The lowest BCUT2D eigenvalue weighted by atomic mass is 10.1. The number of anilines is 1. The van der Waals surface area contributed by atoms with Gasteiger partial charge in [-0.25, -0.2) is 13.4 Å². The Hall–Kier alpha value is -2.09.